The number of benzene rings is 1. The first kappa shape index (κ1) is 21.2. The number of likely N-dealkylation sites (N-methyl/N-ethyl adjacent to an activating group) is 1. The van der Waals surface area contributed by atoms with Gasteiger partial charge in [0.2, 0.25) is 5.91 Å². The molecule has 1 aromatic carbocycles. The molecule has 1 saturated heterocycles. The Labute approximate surface area is 170 Å². The molecule has 1 aromatic rings. The highest BCUT2D eigenvalue weighted by Crippen LogP contribution is 2.12. The van der Waals surface area contributed by atoms with Crippen molar-refractivity contribution in [3.63, 3.8) is 0 Å². The molecule has 1 amide bonds. The monoisotopic (exact) mass is 508 g/mol. The smallest absolute Gasteiger partial charge is 0.241 e. The number of carbonyl (C=O) groups is 1. The lowest BCUT2D eigenvalue weighted by atomic mass is 10.1. The van der Waals surface area contributed by atoms with Crippen LogP contribution in [0.2, 0.25) is 0 Å². The predicted molar refractivity (Wildman–Crippen MR) is 113 cm³/mol. The van der Waals surface area contributed by atoms with E-state index in [0.717, 1.165) is 29.1 Å². The normalized spacial score (nSPS) is 14.8. The van der Waals surface area contributed by atoms with E-state index in [0.29, 0.717) is 6.54 Å². The Hall–Kier alpha value is -0.830. The van der Waals surface area contributed by atoms with Gasteiger partial charge < -0.3 is 15.1 Å². The summed E-state index contributed by atoms with van der Waals surface area (Å²) in [7, 11) is 3.53. The first-order valence-electron chi connectivity index (χ1n) is 8.04. The fourth-order valence-corrected chi connectivity index (χ4v) is 2.71. The van der Waals surface area contributed by atoms with Crippen LogP contribution >= 0.6 is 39.9 Å². The largest absolute Gasteiger partial charge is 0.347 e. The number of nitrogens with zero attached hydrogens (tertiary/aromatic N) is 3. The Kier molecular flexibility index (Phi) is 9.65. The van der Waals surface area contributed by atoms with E-state index in [-0.39, 0.29) is 36.4 Å². The molecule has 2 rings (SSSR count). The number of rotatable bonds is 4. The minimum Gasteiger partial charge on any atom is -0.347 e. The number of nitrogens with one attached hydrogen (secondary N) is 1. The summed E-state index contributed by atoms with van der Waals surface area (Å²) in [5.74, 6) is 0.890. The molecule has 0 saturated carbocycles. The summed E-state index contributed by atoms with van der Waals surface area (Å²) in [5, 5.41) is 3.23. The molecule has 24 heavy (non-hydrogen) atoms. The molecule has 0 aliphatic carbocycles. The van der Waals surface area contributed by atoms with Crippen molar-refractivity contribution in [2.75, 3.05) is 33.7 Å². The summed E-state index contributed by atoms with van der Waals surface area (Å²) in [4.78, 5) is 20.4. The van der Waals surface area contributed by atoms with Crippen LogP contribution in [0.3, 0.4) is 0 Å². The third kappa shape index (κ3) is 6.96. The van der Waals surface area contributed by atoms with Gasteiger partial charge >= 0.3 is 0 Å². The second-order valence-corrected chi connectivity index (χ2v) is 6.87. The molecule has 1 N–H and O–H groups in total. The number of guanidine groups is 1. The lowest BCUT2D eigenvalue weighted by molar-refractivity contribution is -0.127. The average molecular weight is 509 g/mol. The van der Waals surface area contributed by atoms with Gasteiger partial charge in [0.05, 0.1) is 13.1 Å². The highest BCUT2D eigenvalue weighted by molar-refractivity contribution is 14.0. The van der Waals surface area contributed by atoms with Crippen LogP contribution in [0.25, 0.3) is 0 Å². The number of halogens is 2. The van der Waals surface area contributed by atoms with Crippen molar-refractivity contribution in [1.29, 1.82) is 0 Å². The van der Waals surface area contributed by atoms with Crippen molar-refractivity contribution in [3.05, 3.63) is 34.3 Å². The Bertz CT molecular complexity index is 542. The maximum Gasteiger partial charge on any atom is 0.241 e. The van der Waals surface area contributed by atoms with Crippen LogP contribution in [0, 0.1) is 0 Å². The van der Waals surface area contributed by atoms with Crippen LogP contribution in [0.1, 0.15) is 24.8 Å². The molecule has 1 aliphatic heterocycles. The molecular formula is C17H26BrIN4O. The lowest BCUT2D eigenvalue weighted by Gasteiger charge is -2.30. The SMILES string of the molecule is CN(C)C(=O)CNC(=NCc1ccc(Br)cc1)N1CCCCC1.I. The van der Waals surface area contributed by atoms with Crippen LogP contribution in [-0.2, 0) is 11.3 Å². The van der Waals surface area contributed by atoms with Crippen LogP contribution in [-0.4, -0.2) is 55.4 Å². The van der Waals surface area contributed by atoms with Gasteiger partial charge in [0.25, 0.3) is 0 Å². The van der Waals surface area contributed by atoms with E-state index < -0.39 is 0 Å². The summed E-state index contributed by atoms with van der Waals surface area (Å²) in [6, 6.07) is 8.17. The number of likely N-dealkylation sites (tertiary alicyclic amines) is 1. The molecule has 7 heteroatoms. The molecule has 134 valence electrons. The zero-order valence-corrected chi connectivity index (χ0v) is 18.2. The number of piperidine rings is 1. The summed E-state index contributed by atoms with van der Waals surface area (Å²) >= 11 is 3.44. The van der Waals surface area contributed by atoms with Crippen molar-refractivity contribution < 1.29 is 4.79 Å². The van der Waals surface area contributed by atoms with Gasteiger partial charge in [0, 0.05) is 31.7 Å². The standard InChI is InChI=1S/C17H25BrN4O.HI/c1-21(2)16(23)13-20-17(22-10-4-3-5-11-22)19-12-14-6-8-15(18)9-7-14;/h6-9H,3-5,10-13H2,1-2H3,(H,19,20);1H. The Balaban J connectivity index is 0.00000288. The van der Waals surface area contributed by atoms with Crippen molar-refractivity contribution in [2.45, 2.75) is 25.8 Å². The minimum absolute atomic E-state index is 0. The van der Waals surface area contributed by atoms with E-state index in [1.807, 2.05) is 12.1 Å². The second-order valence-electron chi connectivity index (χ2n) is 5.96. The van der Waals surface area contributed by atoms with Gasteiger partial charge in [-0.05, 0) is 37.0 Å². The number of hydrogen-bond donors (Lipinski definition) is 1. The molecule has 0 radical (unpaired) electrons. The van der Waals surface area contributed by atoms with Gasteiger partial charge in [-0.25, -0.2) is 4.99 Å². The van der Waals surface area contributed by atoms with E-state index >= 15 is 0 Å². The van der Waals surface area contributed by atoms with E-state index in [1.165, 1.54) is 19.3 Å². The lowest BCUT2D eigenvalue weighted by Crippen LogP contribution is -2.47. The molecule has 1 fully saturated rings. The van der Waals surface area contributed by atoms with Gasteiger partial charge in [0.15, 0.2) is 5.96 Å². The number of carbonyl (C=O) groups excluding carboxylic acids is 1. The summed E-state index contributed by atoms with van der Waals surface area (Å²) < 4.78 is 1.07. The molecule has 1 heterocycles. The summed E-state index contributed by atoms with van der Waals surface area (Å²) in [5.41, 5.74) is 1.16. The first-order valence-corrected chi connectivity index (χ1v) is 8.83. The van der Waals surface area contributed by atoms with Gasteiger partial charge in [-0.3, -0.25) is 4.79 Å². The summed E-state index contributed by atoms with van der Waals surface area (Å²) in [6.07, 6.45) is 3.63. The van der Waals surface area contributed by atoms with Gasteiger partial charge in [-0.1, -0.05) is 28.1 Å². The second kappa shape index (κ2) is 10.9. The third-order valence-electron chi connectivity index (χ3n) is 3.88. The van der Waals surface area contributed by atoms with Crippen LogP contribution < -0.4 is 5.32 Å². The molecule has 0 spiro atoms. The zero-order chi connectivity index (χ0) is 16.7. The Morgan fingerprint density at radius 3 is 2.42 bits per heavy atom. The molecular weight excluding hydrogens is 483 g/mol. The zero-order valence-electron chi connectivity index (χ0n) is 14.3. The van der Waals surface area contributed by atoms with E-state index in [9.17, 15) is 4.79 Å². The highest BCUT2D eigenvalue weighted by Gasteiger charge is 2.16. The maximum absolute atomic E-state index is 11.8. The van der Waals surface area contributed by atoms with Crippen molar-refractivity contribution in [1.82, 2.24) is 15.1 Å². The highest BCUT2D eigenvalue weighted by atomic mass is 127. The molecule has 0 aromatic heterocycles. The van der Waals surface area contributed by atoms with Crippen molar-refractivity contribution in [3.8, 4) is 0 Å². The molecule has 0 atom stereocenters. The van der Waals surface area contributed by atoms with Crippen LogP contribution in [0.15, 0.2) is 33.7 Å². The predicted octanol–water partition coefficient (Wildman–Crippen LogP) is 3.09. The topological polar surface area (TPSA) is 47.9 Å². The number of aliphatic imine (C=N–C) groups is 1. The van der Waals surface area contributed by atoms with E-state index in [4.69, 9.17) is 4.99 Å². The Morgan fingerprint density at radius 1 is 1.21 bits per heavy atom. The van der Waals surface area contributed by atoms with E-state index in [2.05, 4.69) is 38.3 Å². The molecule has 0 bridgehead atoms. The Morgan fingerprint density at radius 2 is 1.83 bits per heavy atom. The average Bonchev–Trinajstić information content (AvgIpc) is 2.57. The number of amides is 1. The van der Waals surface area contributed by atoms with Gasteiger partial charge in [-0.15, -0.1) is 24.0 Å². The van der Waals surface area contributed by atoms with Crippen LogP contribution in [0.5, 0.6) is 0 Å². The number of hydrogen-bond acceptors (Lipinski definition) is 2. The molecule has 1 aliphatic rings. The quantitative estimate of drug-likeness (QED) is 0.386. The fraction of sp³-hybridized carbons (Fsp3) is 0.529. The van der Waals surface area contributed by atoms with Crippen molar-refractivity contribution >= 4 is 51.8 Å². The third-order valence-corrected chi connectivity index (χ3v) is 4.41. The first-order chi connectivity index (χ1) is 11.1. The van der Waals surface area contributed by atoms with Gasteiger partial charge in [0.1, 0.15) is 0 Å². The van der Waals surface area contributed by atoms with E-state index in [1.54, 1.807) is 19.0 Å². The summed E-state index contributed by atoms with van der Waals surface area (Å²) in [6.45, 7) is 2.90. The van der Waals surface area contributed by atoms with Gasteiger partial charge in [-0.2, -0.15) is 0 Å². The fourth-order valence-electron chi connectivity index (χ4n) is 2.44. The van der Waals surface area contributed by atoms with Crippen LogP contribution in [0.4, 0.5) is 0 Å². The maximum atomic E-state index is 11.8. The molecule has 5 nitrogen and oxygen atoms in total. The van der Waals surface area contributed by atoms with Crippen molar-refractivity contribution in [2.24, 2.45) is 4.99 Å². The minimum atomic E-state index is 0. The molecule has 0 unspecified atom stereocenters.